The van der Waals surface area contributed by atoms with E-state index in [1.807, 2.05) is 41.2 Å². The van der Waals surface area contributed by atoms with Crippen LogP contribution in [-0.4, -0.2) is 277 Å². The molecule has 2 amide bonds. The van der Waals surface area contributed by atoms with Gasteiger partial charge in [-0.2, -0.15) is 40.3 Å². The number of carbonyl (C=O) groups is 2. The normalized spacial score (nSPS) is 30.6. The monoisotopic (exact) mass is 1960 g/mol. The number of nitrogens with one attached hydrogen (secondary N) is 4. The van der Waals surface area contributed by atoms with Crippen molar-refractivity contribution in [1.82, 2.24) is 73.1 Å². The molecule has 5 aromatic heterocycles. The Kier molecular flexibility index (Phi) is 30.9. The first-order valence-electron chi connectivity index (χ1n) is 46.6. The average Bonchev–Trinajstić information content (AvgIpc) is 1.62. The van der Waals surface area contributed by atoms with Gasteiger partial charge in [0.15, 0.2) is 56.1 Å². The van der Waals surface area contributed by atoms with Gasteiger partial charge in [-0.15, -0.1) is 0 Å². The van der Waals surface area contributed by atoms with Gasteiger partial charge in [-0.1, -0.05) is 133 Å². The van der Waals surface area contributed by atoms with Gasteiger partial charge >= 0.3 is 28.4 Å². The molecule has 42 nitrogen and oxygen atoms in total. The number of hydrogen-bond acceptors (Lipinski definition) is 33. The number of benzene rings is 2. The third-order valence-electron chi connectivity index (χ3n) is 30.2. The number of aliphatic hydroxyl groups is 2. The number of rotatable bonds is 25. The Labute approximate surface area is 798 Å². The van der Waals surface area contributed by atoms with Gasteiger partial charge < -0.3 is 87.7 Å². The van der Waals surface area contributed by atoms with E-state index in [1.165, 1.54) is 73.8 Å². The molecule has 0 aliphatic carbocycles. The van der Waals surface area contributed by atoms with Gasteiger partial charge in [0, 0.05) is 54.2 Å². The highest BCUT2D eigenvalue weighted by molar-refractivity contribution is 6.75. The maximum absolute atomic E-state index is 13.1. The van der Waals surface area contributed by atoms with Crippen molar-refractivity contribution in [2.24, 2.45) is 0 Å². The number of morpholine rings is 5. The molecule has 2 aromatic carbocycles. The summed E-state index contributed by atoms with van der Waals surface area (Å²) in [5.41, 5.74) is -0.0993. The van der Waals surface area contributed by atoms with E-state index >= 15 is 0 Å². The minimum absolute atomic E-state index is 0.0222. The van der Waals surface area contributed by atoms with E-state index in [0.29, 0.717) is 63.1 Å². The molecule has 7 aromatic rings. The van der Waals surface area contributed by atoms with E-state index in [9.17, 15) is 53.4 Å². The quantitative estimate of drug-likeness (QED) is 0.0274. The molecular weight excluding hydrogens is 1830 g/mol. The summed E-state index contributed by atoms with van der Waals surface area (Å²) >= 11 is 0. The summed E-state index contributed by atoms with van der Waals surface area (Å²) in [6, 6.07) is 23.0. The lowest BCUT2D eigenvalue weighted by molar-refractivity contribution is -0.235. The molecular formula is C92H138N18O24Si3. The van der Waals surface area contributed by atoms with Crippen molar-refractivity contribution in [3.63, 3.8) is 0 Å². The molecule has 45 heteroatoms. The summed E-state index contributed by atoms with van der Waals surface area (Å²) in [6.45, 7) is 45.9. The number of nitrogens with two attached hydrogens (primary N) is 1. The van der Waals surface area contributed by atoms with Crippen LogP contribution in [-0.2, 0) is 61.2 Å². The minimum atomic E-state index is -2.14. The van der Waals surface area contributed by atoms with E-state index < -0.39 is 148 Å². The Morgan fingerprint density at radius 3 is 0.920 bits per heavy atom. The van der Waals surface area contributed by atoms with Crippen molar-refractivity contribution < 1.29 is 81.0 Å². The van der Waals surface area contributed by atoms with Crippen LogP contribution in [0, 0.1) is 0 Å². The highest BCUT2D eigenvalue weighted by Crippen LogP contribution is 2.57. The number of hydrogen-bond donors (Lipinski definition) is 7. The van der Waals surface area contributed by atoms with Crippen LogP contribution in [0.5, 0.6) is 0 Å². The number of aliphatic hydroxyl groups excluding tert-OH is 2. The third kappa shape index (κ3) is 20.0. The minimum Gasteiger partial charge on any atom is -0.409 e. The number of H-pyrrole nitrogens is 2. The maximum atomic E-state index is 13.1. The number of anilines is 3. The zero-order valence-corrected chi connectivity index (χ0v) is 86.0. The second-order valence-corrected chi connectivity index (χ2v) is 55.2. The van der Waals surface area contributed by atoms with Gasteiger partial charge in [0.2, 0.25) is 0 Å². The summed E-state index contributed by atoms with van der Waals surface area (Å²) in [5, 5.41) is 35.4. The van der Waals surface area contributed by atoms with Crippen molar-refractivity contribution in [1.29, 1.82) is 0 Å². The van der Waals surface area contributed by atoms with Crippen LogP contribution in [0.2, 0.25) is 54.4 Å². The van der Waals surface area contributed by atoms with Gasteiger partial charge in [0.1, 0.15) is 87.9 Å². The molecule has 20 atom stereocenters. The maximum Gasteiger partial charge on any atom is 0.351 e. The molecule has 10 aliphatic rings. The number of carbonyl (C=O) groups excluding carboxylic acids is 2. The van der Waals surface area contributed by atoms with Gasteiger partial charge in [-0.25, -0.2) is 24.0 Å². The van der Waals surface area contributed by atoms with Crippen molar-refractivity contribution in [3.8, 4) is 0 Å². The fraction of sp³-hybridized carbons (Fsp3) is 0.630. The molecule has 0 saturated carbocycles. The predicted molar refractivity (Wildman–Crippen MR) is 513 cm³/mol. The van der Waals surface area contributed by atoms with Crippen molar-refractivity contribution in [2.75, 3.05) is 84.6 Å². The van der Waals surface area contributed by atoms with Crippen LogP contribution in [0.4, 0.5) is 17.5 Å². The lowest BCUT2D eigenvalue weighted by Crippen LogP contribution is -2.51. The molecule has 8 N–H and O–H groups in total. The molecule has 0 unspecified atom stereocenters. The number of aromatic nitrogens is 10. The van der Waals surface area contributed by atoms with E-state index in [1.54, 1.807) is 105 Å². The Hall–Kier alpha value is -8.97. The van der Waals surface area contributed by atoms with Gasteiger partial charge in [0.25, 0.3) is 22.9 Å². The van der Waals surface area contributed by atoms with Crippen molar-refractivity contribution in [2.45, 2.75) is 303 Å². The molecule has 137 heavy (non-hydrogen) atoms. The molecule has 10 saturated heterocycles. The van der Waals surface area contributed by atoms with Crippen LogP contribution in [0.1, 0.15) is 181 Å². The number of amides is 2. The number of ether oxygens (including phenoxy) is 5. The lowest BCUT2D eigenvalue weighted by Gasteiger charge is -2.41. The van der Waals surface area contributed by atoms with E-state index in [0.717, 1.165) is 12.8 Å². The highest BCUT2D eigenvalue weighted by atomic mass is 28.4. The second-order valence-electron chi connectivity index (χ2n) is 40.9. The first kappa shape index (κ1) is 105. The number of fused-ring (bicyclic) bond motifs is 10. The zero-order valence-electron chi connectivity index (χ0n) is 83.0. The van der Waals surface area contributed by atoms with Crippen LogP contribution >= 0.6 is 0 Å². The second kappa shape index (κ2) is 40.2. The summed E-state index contributed by atoms with van der Waals surface area (Å²) in [7, 11) is 1.67. The molecule has 17 rings (SSSR count). The zero-order chi connectivity index (χ0) is 100. The number of aromatic amines is 2. The van der Waals surface area contributed by atoms with Crippen molar-refractivity contribution in [3.05, 3.63) is 206 Å². The average molecular weight is 1960 g/mol. The number of hydroxylamine groups is 10. The molecule has 10 bridgehead atoms. The van der Waals surface area contributed by atoms with Crippen LogP contribution in [0.25, 0.3) is 0 Å². The molecule has 15 heterocycles. The fourth-order valence-corrected chi connectivity index (χ4v) is 23.0. The van der Waals surface area contributed by atoms with E-state index in [4.69, 9.17) is 66.9 Å². The smallest absolute Gasteiger partial charge is 0.351 e. The fourth-order valence-electron chi connectivity index (χ4n) is 19.0. The number of nitrogen functional groups attached to an aromatic ring is 1. The Morgan fingerprint density at radius 2 is 0.650 bits per heavy atom. The topological polar surface area (TPSA) is 475 Å². The Bertz CT molecular complexity index is 5890. The van der Waals surface area contributed by atoms with Gasteiger partial charge in [-0.05, 0) is 129 Å². The summed E-state index contributed by atoms with van der Waals surface area (Å²) in [5.74, 6) is -0.155. The molecule has 0 radical (unpaired) electrons. The Morgan fingerprint density at radius 1 is 0.394 bits per heavy atom. The summed E-state index contributed by atoms with van der Waals surface area (Å²) in [4.78, 5) is 154. The van der Waals surface area contributed by atoms with Crippen molar-refractivity contribution >= 4 is 54.2 Å². The SMILES string of the molecule is CC[C@@]12CN(OC)[C@@H]([C@H](n3ccc(=O)[nH]c3=O)O1)[C@@H]2O.CC[C@@]12CN(OC)[C@@H]([C@H](n3ccc(=O)[nH]c3=O)O1)[C@@H]2O[Si](C)(C)C(C)(C)C.CC[C@@]12CN(OC)[C@@H]([C@H](n3ccc(N)nc3=O)O1)[C@@H]2O[Si](C)(C)C(C)(C)C.CC[C@@]12CN(OC)[C@@H]([C@H](n3ccc(NC(=O)c4ccccc4)nc3=O)O1)[C@@H]2O.CC[C@@]12CN(OC)[C@@H]([C@H](n3ccc(NC(=O)c4ccccc4)nc3=O)O1)[C@@H]2O[Si](C)(C)C(C)(C)C. The van der Waals surface area contributed by atoms with Crippen LogP contribution in [0.3, 0.4) is 0 Å². The first-order chi connectivity index (χ1) is 64.3. The van der Waals surface area contributed by atoms with E-state index in [-0.39, 0.29) is 80.8 Å². The van der Waals surface area contributed by atoms with E-state index in [2.05, 4.69) is 158 Å². The predicted octanol–water partition coefficient (Wildman–Crippen LogP) is 7.40. The molecule has 0 spiro atoms. The summed E-state index contributed by atoms with van der Waals surface area (Å²) in [6.07, 6.45) is 5.63. The van der Waals surface area contributed by atoms with Crippen LogP contribution in [0.15, 0.2) is 156 Å². The van der Waals surface area contributed by atoms with Crippen LogP contribution < -0.4 is 55.9 Å². The molecule has 752 valence electrons. The third-order valence-corrected chi connectivity index (χ3v) is 43.6. The first-order valence-corrected chi connectivity index (χ1v) is 55.3. The molecule has 10 fully saturated rings. The Balaban J connectivity index is 0.000000146. The highest BCUT2D eigenvalue weighted by Gasteiger charge is 2.71. The van der Waals surface area contributed by atoms with Gasteiger partial charge in [0.05, 0.1) is 86.6 Å². The lowest BCUT2D eigenvalue weighted by atomic mass is 9.96. The number of nitrogens with zero attached hydrogens (tertiary/aromatic N) is 13. The standard InChI is InChI=1S/C25H36N4O5Si.C19H22N4O5.C18H32N4O4Si.C18H31N3O5Si.C12H17N3O5/c1-8-25-16-29(32-5)19(20(25)34-35(6,7)24(2,3)4)22(33-25)28-15-14-18(27-23(28)31)26-21(30)17-12-10-9-11-13-17;1-3-19-11-23(27-2)14(15(19)24)17(28-19)22-10-9-13(21-18(22)26)20-16(25)12-7-5-4-6-8-12;1-8-18-11-22(24-5)13(14(18)26-27(6,7)17(2,3)4)15(25-18)21-10-9-12(19)20-16(21)23;1-8-18-11-21(24-5)13(14(18)26-27(6,7)17(2,3)4)15(25-18)20-10-9-12(22)19-16(20)23;1-3-12-6-15(19-2)8(9(12)17)10(20-12)14-5-4-7(16)13-11(14)18/h9-15,19-20,22H,8,16H2,1-7H3,(H,26,27,30,31);4-10,14-15,17,24H,3,11H2,1-2H3,(H,20,21,25,26);9-10,13-15H,8,11H2,1-7H3,(H2,19,20,23);9-10,13-15H,8,11H2,1-7H3,(H,19,22,23);4-5,8-10,17H,3,6H2,1-2H3,(H,13,16,18)/t19-,20+,22-,25+;14-,15+,17-,19+;2*13-,14+,15-,18+;8-,9+,10-,12+/m11111/s1. The molecule has 10 aliphatic heterocycles. The summed E-state index contributed by atoms with van der Waals surface area (Å²) < 4.78 is 58.9. The van der Waals surface area contributed by atoms with Gasteiger partial charge in [-0.3, -0.25) is 52.0 Å². The largest absolute Gasteiger partial charge is 0.409 e.